The molecule has 0 atom stereocenters. The van der Waals surface area contributed by atoms with Gasteiger partial charge >= 0.3 is 0 Å². The van der Waals surface area contributed by atoms with Crippen molar-refractivity contribution in [2.45, 2.75) is 51.6 Å². The second-order valence-electron chi connectivity index (χ2n) is 5.66. The minimum atomic E-state index is -0.222. The lowest BCUT2D eigenvalue weighted by Crippen LogP contribution is -2.40. The molecule has 0 saturated heterocycles. The monoisotopic (exact) mass is 355 g/mol. The highest BCUT2D eigenvalue weighted by atomic mass is 79.9. The van der Waals surface area contributed by atoms with Crippen molar-refractivity contribution in [3.05, 3.63) is 22.4 Å². The Morgan fingerprint density at radius 3 is 2.62 bits per heavy atom. The molecule has 0 aliphatic heterocycles. The maximum atomic E-state index is 12.4. The third-order valence-electron chi connectivity index (χ3n) is 4.03. The molecular weight excluding hydrogens is 334 g/mol. The first-order valence-corrected chi connectivity index (χ1v) is 8.26. The predicted octanol–water partition coefficient (Wildman–Crippen LogP) is 2.43. The summed E-state index contributed by atoms with van der Waals surface area (Å²) in [4.78, 5) is 23.5. The van der Waals surface area contributed by atoms with Crippen LogP contribution in [0.1, 0.15) is 49.5 Å². The Morgan fingerprint density at radius 1 is 1.38 bits per heavy atom. The lowest BCUT2D eigenvalue weighted by molar-refractivity contribution is -0.122. The Kier molecular flexibility index (Phi) is 5.45. The number of rotatable bonds is 5. The van der Waals surface area contributed by atoms with E-state index in [1.54, 1.807) is 0 Å². The van der Waals surface area contributed by atoms with Gasteiger partial charge in [0.1, 0.15) is 5.69 Å². The van der Waals surface area contributed by atoms with E-state index in [-0.39, 0.29) is 23.8 Å². The molecule has 1 aliphatic carbocycles. The first kappa shape index (κ1) is 16.1. The molecule has 1 saturated carbocycles. The van der Waals surface area contributed by atoms with Gasteiger partial charge in [0.25, 0.3) is 5.91 Å². The maximum Gasteiger partial charge on any atom is 0.268 e. The van der Waals surface area contributed by atoms with Gasteiger partial charge in [0.05, 0.1) is 0 Å². The number of primary amides is 1. The number of nitrogens with zero attached hydrogens (tertiary/aromatic N) is 1. The quantitative estimate of drug-likeness (QED) is 0.850. The van der Waals surface area contributed by atoms with Crippen LogP contribution in [0.3, 0.4) is 0 Å². The summed E-state index contributed by atoms with van der Waals surface area (Å²) in [5.74, 6) is -0.298. The van der Waals surface area contributed by atoms with Crippen LogP contribution in [0.2, 0.25) is 0 Å². The van der Waals surface area contributed by atoms with Gasteiger partial charge < -0.3 is 15.6 Å². The minimum absolute atomic E-state index is 0.0313. The smallest absolute Gasteiger partial charge is 0.268 e. The van der Waals surface area contributed by atoms with Gasteiger partial charge in [-0.25, -0.2) is 0 Å². The van der Waals surface area contributed by atoms with Gasteiger partial charge in [-0.3, -0.25) is 9.59 Å². The van der Waals surface area contributed by atoms with Crippen LogP contribution in [0.25, 0.3) is 0 Å². The zero-order chi connectivity index (χ0) is 15.4. The molecule has 1 aromatic rings. The van der Waals surface area contributed by atoms with E-state index in [0.717, 1.165) is 43.1 Å². The largest absolute Gasteiger partial charge is 0.369 e. The number of nitrogens with one attached hydrogen (secondary N) is 1. The first-order chi connectivity index (χ1) is 10.0. The van der Waals surface area contributed by atoms with E-state index >= 15 is 0 Å². The summed E-state index contributed by atoms with van der Waals surface area (Å²) < 4.78 is 2.88. The Labute approximate surface area is 133 Å². The highest BCUT2D eigenvalue weighted by molar-refractivity contribution is 9.10. The number of carbonyl (C=O) groups excluding carboxylic acids is 2. The van der Waals surface area contributed by atoms with E-state index in [0.29, 0.717) is 5.69 Å². The molecule has 0 unspecified atom stereocenters. The number of amides is 2. The number of aromatic nitrogens is 1. The zero-order valence-corrected chi connectivity index (χ0v) is 13.9. The minimum Gasteiger partial charge on any atom is -0.369 e. The van der Waals surface area contributed by atoms with Gasteiger partial charge in [0.2, 0.25) is 5.91 Å². The van der Waals surface area contributed by atoms with Crippen molar-refractivity contribution in [2.24, 2.45) is 11.7 Å². The fourth-order valence-electron chi connectivity index (χ4n) is 2.87. The van der Waals surface area contributed by atoms with E-state index in [1.807, 2.05) is 16.8 Å². The molecule has 1 aromatic heterocycles. The molecule has 1 heterocycles. The van der Waals surface area contributed by atoms with Gasteiger partial charge in [-0.15, -0.1) is 0 Å². The molecule has 116 valence electrons. The summed E-state index contributed by atoms with van der Waals surface area (Å²) >= 11 is 3.42. The van der Waals surface area contributed by atoms with Crippen molar-refractivity contribution in [1.82, 2.24) is 9.88 Å². The maximum absolute atomic E-state index is 12.4. The van der Waals surface area contributed by atoms with Crippen molar-refractivity contribution >= 4 is 27.7 Å². The average Bonchev–Trinajstić information content (AvgIpc) is 2.81. The molecule has 1 aliphatic rings. The van der Waals surface area contributed by atoms with Crippen molar-refractivity contribution in [1.29, 1.82) is 0 Å². The molecule has 0 aromatic carbocycles. The van der Waals surface area contributed by atoms with Crippen LogP contribution in [0.15, 0.2) is 16.7 Å². The van der Waals surface area contributed by atoms with Crippen LogP contribution >= 0.6 is 15.9 Å². The lowest BCUT2D eigenvalue weighted by atomic mass is 9.85. The lowest BCUT2D eigenvalue weighted by Gasteiger charge is -2.27. The molecule has 5 nitrogen and oxygen atoms in total. The number of halogens is 1. The number of aryl methyl sites for hydroxylation is 1. The molecule has 0 radical (unpaired) electrons. The van der Waals surface area contributed by atoms with Crippen LogP contribution in [-0.4, -0.2) is 22.4 Å². The molecule has 3 N–H and O–H groups in total. The van der Waals surface area contributed by atoms with Gasteiger partial charge in [-0.1, -0.05) is 6.92 Å². The number of nitrogens with two attached hydrogens (primary N) is 1. The Bertz CT molecular complexity index is 519. The second kappa shape index (κ2) is 7.11. The molecule has 21 heavy (non-hydrogen) atoms. The normalized spacial score (nSPS) is 22.0. The standard InChI is InChI=1S/C15H22BrN3O2/c1-2-7-19-9-11(16)8-13(19)15(21)18-12-5-3-10(4-6-12)14(17)20/h8-10,12H,2-7H2,1H3,(H2,17,20)(H,18,21). The topological polar surface area (TPSA) is 77.1 Å². The Balaban J connectivity index is 1.95. The van der Waals surface area contributed by atoms with E-state index < -0.39 is 0 Å². The van der Waals surface area contributed by atoms with Crippen molar-refractivity contribution in [2.75, 3.05) is 0 Å². The molecule has 2 amide bonds. The van der Waals surface area contributed by atoms with Crippen LogP contribution in [0.4, 0.5) is 0 Å². The van der Waals surface area contributed by atoms with Crippen molar-refractivity contribution < 1.29 is 9.59 Å². The van der Waals surface area contributed by atoms with Crippen molar-refractivity contribution in [3.8, 4) is 0 Å². The van der Waals surface area contributed by atoms with Crippen molar-refractivity contribution in [3.63, 3.8) is 0 Å². The van der Waals surface area contributed by atoms with E-state index in [2.05, 4.69) is 28.2 Å². The second-order valence-corrected chi connectivity index (χ2v) is 6.58. The number of carbonyl (C=O) groups is 2. The average molecular weight is 356 g/mol. The fourth-order valence-corrected chi connectivity index (χ4v) is 3.34. The SMILES string of the molecule is CCCn1cc(Br)cc1C(=O)NC1CCC(C(N)=O)CC1. The number of hydrogen-bond donors (Lipinski definition) is 2. The summed E-state index contributed by atoms with van der Waals surface area (Å²) in [6.45, 7) is 2.91. The van der Waals surface area contributed by atoms with Crippen LogP contribution in [0, 0.1) is 5.92 Å². The Morgan fingerprint density at radius 2 is 2.05 bits per heavy atom. The van der Waals surface area contributed by atoms with E-state index in [1.165, 1.54) is 0 Å². The molecular formula is C15H22BrN3O2. The van der Waals surface area contributed by atoms with Gasteiger partial charge in [-0.2, -0.15) is 0 Å². The number of hydrogen-bond acceptors (Lipinski definition) is 2. The zero-order valence-electron chi connectivity index (χ0n) is 12.3. The van der Waals surface area contributed by atoms with Gasteiger partial charge in [0.15, 0.2) is 0 Å². The summed E-state index contributed by atoms with van der Waals surface area (Å²) in [5.41, 5.74) is 6.01. The fraction of sp³-hybridized carbons (Fsp3) is 0.600. The van der Waals surface area contributed by atoms with Crippen LogP contribution in [0.5, 0.6) is 0 Å². The van der Waals surface area contributed by atoms with Crippen LogP contribution < -0.4 is 11.1 Å². The summed E-state index contributed by atoms with van der Waals surface area (Å²) in [5, 5.41) is 3.07. The summed E-state index contributed by atoms with van der Waals surface area (Å²) in [6.07, 6.45) is 6.07. The Hall–Kier alpha value is -1.30. The van der Waals surface area contributed by atoms with Gasteiger partial charge in [0, 0.05) is 29.2 Å². The highest BCUT2D eigenvalue weighted by Gasteiger charge is 2.26. The van der Waals surface area contributed by atoms with E-state index in [4.69, 9.17) is 5.73 Å². The molecule has 0 bridgehead atoms. The summed E-state index contributed by atoms with van der Waals surface area (Å²) in [7, 11) is 0. The third kappa shape index (κ3) is 4.09. The molecule has 1 fully saturated rings. The van der Waals surface area contributed by atoms with Crippen LogP contribution in [-0.2, 0) is 11.3 Å². The first-order valence-electron chi connectivity index (χ1n) is 7.47. The van der Waals surface area contributed by atoms with Gasteiger partial charge in [-0.05, 0) is 54.1 Å². The molecule has 6 heteroatoms. The summed E-state index contributed by atoms with van der Waals surface area (Å²) in [6, 6.07) is 1.98. The third-order valence-corrected chi connectivity index (χ3v) is 4.46. The predicted molar refractivity (Wildman–Crippen MR) is 84.8 cm³/mol. The molecule has 0 spiro atoms. The highest BCUT2D eigenvalue weighted by Crippen LogP contribution is 2.24. The van der Waals surface area contributed by atoms with E-state index in [9.17, 15) is 9.59 Å². The molecule has 2 rings (SSSR count).